The van der Waals surface area contributed by atoms with Crippen LogP contribution in [0, 0.1) is 0 Å². The summed E-state index contributed by atoms with van der Waals surface area (Å²) in [4.78, 5) is 0. The average molecular weight is 132 g/mol. The molecule has 1 unspecified atom stereocenters. The Morgan fingerprint density at radius 1 is 1.22 bits per heavy atom. The van der Waals surface area contributed by atoms with Gasteiger partial charge in [0.2, 0.25) is 0 Å². The Morgan fingerprint density at radius 2 is 1.67 bits per heavy atom. The van der Waals surface area contributed by atoms with Crippen molar-refractivity contribution in [1.29, 1.82) is 0 Å². The number of nitrogens with two attached hydrogens (primary N) is 1. The van der Waals surface area contributed by atoms with Crippen molar-refractivity contribution in [3.8, 4) is 0 Å². The second-order valence-electron chi connectivity index (χ2n) is 2.37. The van der Waals surface area contributed by atoms with Gasteiger partial charge in [0.15, 0.2) is 0 Å². The summed E-state index contributed by atoms with van der Waals surface area (Å²) in [5.41, 5.74) is 5.38. The number of piperidine rings is 1. The second-order valence-corrected chi connectivity index (χ2v) is 2.37. The van der Waals surface area contributed by atoms with Crippen LogP contribution in [0.5, 0.6) is 0 Å². The third-order valence-electron chi connectivity index (χ3n) is 1.60. The highest BCUT2D eigenvalue weighted by atomic mass is 16.3. The summed E-state index contributed by atoms with van der Waals surface area (Å²) in [6.45, 7) is 0.969. The molecule has 0 bridgehead atoms. The summed E-state index contributed by atoms with van der Waals surface area (Å²) >= 11 is 0. The van der Waals surface area contributed by atoms with Crippen LogP contribution in [0.4, 0.5) is 0 Å². The van der Waals surface area contributed by atoms with Crippen molar-refractivity contribution in [1.82, 2.24) is 5.32 Å². The van der Waals surface area contributed by atoms with Crippen molar-refractivity contribution in [3.63, 3.8) is 0 Å². The molecule has 1 rings (SSSR count). The maximum Gasteiger partial charge on any atom is 0.0840 e. The first kappa shape index (κ1) is 6.95. The summed E-state index contributed by atoms with van der Waals surface area (Å²) < 4.78 is 0. The fraction of sp³-hybridized carbons (Fsp3) is 1.00. The first-order chi connectivity index (χ1) is 4.22. The lowest BCUT2D eigenvalue weighted by Crippen LogP contribution is -2.57. The van der Waals surface area contributed by atoms with Gasteiger partial charge in [-0.3, -0.25) is 0 Å². The van der Waals surface area contributed by atoms with Crippen LogP contribution in [-0.2, 0) is 0 Å². The van der Waals surface area contributed by atoms with Crippen molar-refractivity contribution in [2.75, 3.05) is 13.1 Å². The molecule has 54 valence electrons. The topological polar surface area (TPSA) is 78.5 Å². The minimum atomic E-state index is -0.603. The fourth-order valence-corrected chi connectivity index (χ4v) is 0.908. The number of hydrogen-bond donors (Lipinski definition) is 4. The number of rotatable bonds is 0. The molecule has 4 heteroatoms. The molecule has 1 saturated heterocycles. The molecule has 1 aliphatic rings. The highest BCUT2D eigenvalue weighted by molar-refractivity contribution is 4.86. The molecule has 1 heterocycles. The largest absolute Gasteiger partial charge is 0.390 e. The minimum Gasteiger partial charge on any atom is -0.390 e. The Bertz CT molecular complexity index is 89.0. The van der Waals surface area contributed by atoms with Gasteiger partial charge in [0.1, 0.15) is 0 Å². The number of aliphatic hydroxyl groups is 2. The SMILES string of the molecule is NC1[C@H](O)CNC[C@@H]1O. The van der Waals surface area contributed by atoms with Crippen LogP contribution in [0.1, 0.15) is 0 Å². The quantitative estimate of drug-likeness (QED) is 0.297. The van der Waals surface area contributed by atoms with Crippen molar-refractivity contribution < 1.29 is 10.2 Å². The monoisotopic (exact) mass is 132 g/mol. The van der Waals surface area contributed by atoms with Gasteiger partial charge in [-0.15, -0.1) is 0 Å². The molecule has 4 nitrogen and oxygen atoms in total. The van der Waals surface area contributed by atoms with Gasteiger partial charge >= 0.3 is 0 Å². The van der Waals surface area contributed by atoms with E-state index >= 15 is 0 Å². The molecule has 5 N–H and O–H groups in total. The summed E-state index contributed by atoms with van der Waals surface area (Å²) in [5, 5.41) is 20.8. The van der Waals surface area contributed by atoms with Gasteiger partial charge in [-0.2, -0.15) is 0 Å². The standard InChI is InChI=1S/C5H12N2O2/c6-5-3(8)1-7-2-4(5)9/h3-5,7-9H,1-2,6H2/t3-,4+,5?. The van der Waals surface area contributed by atoms with E-state index in [1.807, 2.05) is 0 Å². The summed E-state index contributed by atoms with van der Waals surface area (Å²) in [5.74, 6) is 0. The fourth-order valence-electron chi connectivity index (χ4n) is 0.908. The lowest BCUT2D eigenvalue weighted by molar-refractivity contribution is 0.0297. The molecule has 9 heavy (non-hydrogen) atoms. The lowest BCUT2D eigenvalue weighted by Gasteiger charge is -2.29. The normalized spacial score (nSPS) is 45.0. The van der Waals surface area contributed by atoms with E-state index in [1.165, 1.54) is 0 Å². The van der Waals surface area contributed by atoms with E-state index in [1.54, 1.807) is 0 Å². The van der Waals surface area contributed by atoms with E-state index in [9.17, 15) is 0 Å². The average Bonchev–Trinajstić information content (AvgIpc) is 1.83. The number of nitrogens with one attached hydrogen (secondary N) is 1. The van der Waals surface area contributed by atoms with Gasteiger partial charge < -0.3 is 21.3 Å². The number of aliphatic hydroxyl groups excluding tert-OH is 2. The zero-order valence-electron chi connectivity index (χ0n) is 5.12. The molecule has 0 radical (unpaired) electrons. The highest BCUT2D eigenvalue weighted by Crippen LogP contribution is 2.00. The Hall–Kier alpha value is -0.160. The smallest absolute Gasteiger partial charge is 0.0840 e. The van der Waals surface area contributed by atoms with E-state index in [4.69, 9.17) is 15.9 Å². The molecule has 1 fully saturated rings. The van der Waals surface area contributed by atoms with Crippen LogP contribution in [0.25, 0.3) is 0 Å². The van der Waals surface area contributed by atoms with Gasteiger partial charge in [-0.1, -0.05) is 0 Å². The molecule has 0 saturated carbocycles. The van der Waals surface area contributed by atoms with Crippen LogP contribution in [0.15, 0.2) is 0 Å². The Kier molecular flexibility index (Phi) is 2.02. The summed E-state index contributed by atoms with van der Waals surface area (Å²) in [6.07, 6.45) is -1.21. The molecule has 0 amide bonds. The third kappa shape index (κ3) is 1.40. The molecule has 0 aliphatic carbocycles. The predicted molar refractivity (Wildman–Crippen MR) is 32.9 cm³/mol. The maximum absolute atomic E-state index is 9.00. The summed E-state index contributed by atoms with van der Waals surface area (Å²) in [7, 11) is 0. The van der Waals surface area contributed by atoms with Crippen molar-refractivity contribution in [2.45, 2.75) is 18.2 Å². The van der Waals surface area contributed by atoms with Crippen LogP contribution in [-0.4, -0.2) is 41.6 Å². The molecule has 3 atom stereocenters. The minimum absolute atomic E-state index is 0.480. The Labute approximate surface area is 53.7 Å². The summed E-state index contributed by atoms with van der Waals surface area (Å²) in [6, 6.07) is -0.480. The zero-order chi connectivity index (χ0) is 6.85. The van der Waals surface area contributed by atoms with E-state index in [0.717, 1.165) is 0 Å². The van der Waals surface area contributed by atoms with Crippen LogP contribution in [0.2, 0.25) is 0 Å². The molecule has 0 spiro atoms. The Balaban J connectivity index is 2.41. The number of hydrogen-bond acceptors (Lipinski definition) is 4. The molecule has 0 aromatic heterocycles. The molecule has 0 aromatic rings. The van der Waals surface area contributed by atoms with Crippen LogP contribution in [0.3, 0.4) is 0 Å². The van der Waals surface area contributed by atoms with Crippen molar-refractivity contribution in [2.24, 2.45) is 5.73 Å². The van der Waals surface area contributed by atoms with Crippen LogP contribution >= 0.6 is 0 Å². The van der Waals surface area contributed by atoms with Crippen molar-refractivity contribution >= 4 is 0 Å². The maximum atomic E-state index is 9.00. The van der Waals surface area contributed by atoms with E-state index in [0.29, 0.717) is 13.1 Å². The first-order valence-electron chi connectivity index (χ1n) is 3.04. The highest BCUT2D eigenvalue weighted by Gasteiger charge is 2.26. The van der Waals surface area contributed by atoms with Gasteiger partial charge in [-0.25, -0.2) is 0 Å². The lowest BCUT2D eigenvalue weighted by atomic mass is 10.0. The Morgan fingerprint density at radius 3 is 2.00 bits per heavy atom. The molecular weight excluding hydrogens is 120 g/mol. The molecule has 0 aromatic carbocycles. The van der Waals surface area contributed by atoms with Gasteiger partial charge in [-0.05, 0) is 0 Å². The van der Waals surface area contributed by atoms with Crippen LogP contribution < -0.4 is 11.1 Å². The van der Waals surface area contributed by atoms with Gasteiger partial charge in [0.05, 0.1) is 18.2 Å². The molecule has 1 aliphatic heterocycles. The first-order valence-corrected chi connectivity index (χ1v) is 3.04. The number of β-amino-alcohol motifs (C(OH)–C–C–N with tert-alkyl or cyclic N) is 2. The van der Waals surface area contributed by atoms with E-state index < -0.39 is 18.2 Å². The predicted octanol–water partition coefficient (Wildman–Crippen LogP) is -2.36. The van der Waals surface area contributed by atoms with E-state index in [2.05, 4.69) is 5.32 Å². The second kappa shape index (κ2) is 2.62. The zero-order valence-corrected chi connectivity index (χ0v) is 5.12. The van der Waals surface area contributed by atoms with Gasteiger partial charge in [0, 0.05) is 13.1 Å². The van der Waals surface area contributed by atoms with Crippen molar-refractivity contribution in [3.05, 3.63) is 0 Å². The van der Waals surface area contributed by atoms with E-state index in [-0.39, 0.29) is 0 Å². The third-order valence-corrected chi connectivity index (χ3v) is 1.60. The van der Waals surface area contributed by atoms with Gasteiger partial charge in [0.25, 0.3) is 0 Å². The molecular formula is C5H12N2O2.